The number of nitrogens with zero attached hydrogens (tertiary/aromatic N) is 4. The molecule has 4 unspecified atom stereocenters. The van der Waals surface area contributed by atoms with Crippen LogP contribution in [-0.2, 0) is 22.0 Å². The fraction of sp³-hybridized carbons (Fsp3) is 0.641. The summed E-state index contributed by atoms with van der Waals surface area (Å²) in [5, 5.41) is 0. The van der Waals surface area contributed by atoms with Gasteiger partial charge in [-0.05, 0) is 134 Å². The zero-order chi connectivity index (χ0) is 67.9. The third-order valence-corrected chi connectivity index (χ3v) is 26.7. The molecule has 0 aliphatic carbocycles. The van der Waals surface area contributed by atoms with Gasteiger partial charge in [0.2, 0.25) is 0 Å². The molecule has 0 amide bonds. The molecule has 0 saturated carbocycles. The Morgan fingerprint density at radius 3 is 1.05 bits per heavy atom. The SMILES string of the molecule is CC(C)CCCC(C)CCC1(CCC(C)CCCC(C)C)Oc2cc(-c3c(F)c(F)c(C(C)(C)C)c4nsnc34)sc2-c2sc(-c3c(F)c(F)c(-c4cc5c(s4)-c4sc(C(C)(C)C)cc4OC5(CCC(C)CCCC(C)C)CCC(C)CCCC(C)C)c4nsnc34)cc21. The lowest BCUT2D eigenvalue weighted by Crippen LogP contribution is -2.36. The molecule has 0 bridgehead atoms. The van der Waals surface area contributed by atoms with Crippen molar-refractivity contribution < 1.29 is 27.0 Å². The van der Waals surface area contributed by atoms with Crippen LogP contribution in [0.3, 0.4) is 0 Å². The van der Waals surface area contributed by atoms with Crippen LogP contribution < -0.4 is 9.47 Å². The average Bonchev–Trinajstić information content (AvgIpc) is 1.55. The summed E-state index contributed by atoms with van der Waals surface area (Å²) in [5.74, 6) is 1.96. The molecule has 4 atom stereocenters. The van der Waals surface area contributed by atoms with Crippen LogP contribution in [0.15, 0.2) is 24.3 Å². The number of hydrogen-bond donors (Lipinski definition) is 0. The van der Waals surface area contributed by atoms with E-state index in [0.29, 0.717) is 103 Å². The van der Waals surface area contributed by atoms with Crippen molar-refractivity contribution in [1.29, 1.82) is 0 Å². The van der Waals surface area contributed by atoms with E-state index >= 15 is 17.6 Å². The Morgan fingerprint density at radius 1 is 0.372 bits per heavy atom. The van der Waals surface area contributed by atoms with Crippen LogP contribution in [-0.4, -0.2) is 17.5 Å². The monoisotopic (exact) mass is 1400 g/mol. The quantitative estimate of drug-likeness (QED) is 0.0403. The fourth-order valence-corrected chi connectivity index (χ4v) is 20.8. The molecule has 2 aromatic carbocycles. The molecule has 0 radical (unpaired) electrons. The summed E-state index contributed by atoms with van der Waals surface area (Å²) in [5.41, 5.74) is 1.32. The van der Waals surface area contributed by atoms with Crippen molar-refractivity contribution in [2.24, 2.45) is 47.3 Å². The highest BCUT2D eigenvalue weighted by Crippen LogP contribution is 2.62. The highest BCUT2D eigenvalue weighted by atomic mass is 32.1. The molecule has 2 aliphatic rings. The number of fused-ring (bicyclic) bond motifs is 8. The molecule has 8 aromatic rings. The molecule has 0 N–H and O–H groups in total. The van der Waals surface area contributed by atoms with Crippen LogP contribution in [0.25, 0.3) is 72.9 Å². The van der Waals surface area contributed by atoms with E-state index in [4.69, 9.17) is 18.2 Å². The van der Waals surface area contributed by atoms with E-state index in [9.17, 15) is 0 Å². The van der Waals surface area contributed by atoms with Gasteiger partial charge in [0.05, 0.1) is 59.7 Å². The predicted octanol–water partition coefficient (Wildman–Crippen LogP) is 27.6. The minimum Gasteiger partial charge on any atom is -0.481 e. The third kappa shape index (κ3) is 15.8. The van der Waals surface area contributed by atoms with Crippen molar-refractivity contribution in [1.82, 2.24) is 17.5 Å². The minimum atomic E-state index is -0.969. The summed E-state index contributed by atoms with van der Waals surface area (Å²) in [6.07, 6.45) is 20.6. The lowest BCUT2D eigenvalue weighted by Gasteiger charge is -2.39. The molecule has 8 heterocycles. The first-order valence-corrected chi connectivity index (χ1v) is 40.4. The summed E-state index contributed by atoms with van der Waals surface area (Å²) >= 11 is 7.95. The lowest BCUT2D eigenvalue weighted by molar-refractivity contribution is 0.0322. The van der Waals surface area contributed by atoms with E-state index in [1.54, 1.807) is 11.3 Å². The first-order valence-electron chi connectivity index (χ1n) is 35.6. The summed E-state index contributed by atoms with van der Waals surface area (Å²) in [6, 6.07) is 8.33. The minimum absolute atomic E-state index is 0.0556. The number of ether oxygens (including phenoxy) is 2. The molecule has 16 heteroatoms. The van der Waals surface area contributed by atoms with Crippen molar-refractivity contribution in [2.75, 3.05) is 0 Å². The molecule has 0 spiro atoms. The number of aromatic nitrogens is 4. The number of thiophene rings is 4. The Kier molecular flexibility index (Phi) is 23.2. The topological polar surface area (TPSA) is 70.0 Å². The van der Waals surface area contributed by atoms with Gasteiger partial charge in [-0.15, -0.1) is 45.3 Å². The molecule has 514 valence electrons. The summed E-state index contributed by atoms with van der Waals surface area (Å²) in [7, 11) is 0. The Morgan fingerprint density at radius 2 is 0.691 bits per heavy atom. The van der Waals surface area contributed by atoms with Gasteiger partial charge in [-0.1, -0.05) is 202 Å². The maximum absolute atomic E-state index is 18.5. The Balaban J connectivity index is 1.13. The van der Waals surface area contributed by atoms with Crippen molar-refractivity contribution in [3.8, 4) is 62.3 Å². The van der Waals surface area contributed by atoms with Crippen molar-refractivity contribution in [3.63, 3.8) is 0 Å². The molecule has 6 aromatic heterocycles. The third-order valence-electron chi connectivity index (χ3n) is 20.4. The second-order valence-electron chi connectivity index (χ2n) is 32.6. The lowest BCUT2D eigenvalue weighted by atomic mass is 9.78. The van der Waals surface area contributed by atoms with Crippen LogP contribution in [0.4, 0.5) is 17.6 Å². The van der Waals surface area contributed by atoms with Gasteiger partial charge < -0.3 is 9.47 Å². The normalized spacial score (nSPS) is 17.9. The maximum Gasteiger partial charge on any atom is 0.170 e. The van der Waals surface area contributed by atoms with E-state index in [-0.39, 0.29) is 27.7 Å². The highest BCUT2D eigenvalue weighted by Gasteiger charge is 2.47. The van der Waals surface area contributed by atoms with Gasteiger partial charge in [-0.25, -0.2) is 17.6 Å². The van der Waals surface area contributed by atoms with Crippen LogP contribution in [0.5, 0.6) is 11.5 Å². The van der Waals surface area contributed by atoms with Crippen LogP contribution in [0, 0.1) is 70.6 Å². The van der Waals surface area contributed by atoms with Crippen molar-refractivity contribution in [2.45, 2.75) is 275 Å². The van der Waals surface area contributed by atoms with Crippen LogP contribution in [0.1, 0.15) is 275 Å². The van der Waals surface area contributed by atoms with E-state index in [0.717, 1.165) is 150 Å². The molecule has 94 heavy (non-hydrogen) atoms. The smallest absolute Gasteiger partial charge is 0.170 e. The first-order chi connectivity index (χ1) is 44.4. The number of rotatable bonds is 31. The van der Waals surface area contributed by atoms with Crippen LogP contribution in [0.2, 0.25) is 0 Å². The average molecular weight is 1400 g/mol. The number of halogens is 4. The van der Waals surface area contributed by atoms with Gasteiger partial charge in [0, 0.05) is 36.2 Å². The number of hydrogen-bond acceptors (Lipinski definition) is 12. The van der Waals surface area contributed by atoms with Crippen LogP contribution >= 0.6 is 68.8 Å². The van der Waals surface area contributed by atoms with Gasteiger partial charge >= 0.3 is 0 Å². The number of benzene rings is 2. The molecule has 6 nitrogen and oxygen atoms in total. The maximum atomic E-state index is 18.5. The summed E-state index contributed by atoms with van der Waals surface area (Å²) in [6.45, 7) is 40.1. The second kappa shape index (κ2) is 30.0. The van der Waals surface area contributed by atoms with Crippen molar-refractivity contribution >= 4 is 90.9 Å². The standard InChI is InChI=1S/C78H106F4N4O2S6/c1-43(2)23-19-27-47(9)31-35-77(36-32-48(10)28-20-24-44(3)4)51-39-55(89-71(51)73-53(87-77)41-57(91-73)61-65(81)66(82)62(76(16,17)18)70-69(61)85-94-86-70)59-63(79)64(80)60(68-67(59)83-93-84-68)56-40-52-72(90-56)74-54(42-58(92-74)75(13,14)15)88-78(52,37-33-49(11)29-21-25-45(5)6)38-34-50(12)30-22-26-46(7)8/h39-50H,19-38H2,1-18H3. The molecular formula is C78H106F4N4O2S6. The Labute approximate surface area is 584 Å². The fourth-order valence-electron chi connectivity index (χ4n) is 14.5. The summed E-state index contributed by atoms with van der Waals surface area (Å²) in [4.78, 5) is 6.56. The first kappa shape index (κ1) is 72.9. The van der Waals surface area contributed by atoms with Gasteiger partial charge in [0.1, 0.15) is 44.8 Å². The van der Waals surface area contributed by atoms with Crippen molar-refractivity contribution in [3.05, 3.63) is 69.1 Å². The molecule has 10 rings (SSSR count). The van der Waals surface area contributed by atoms with E-state index in [1.807, 2.05) is 26.8 Å². The van der Waals surface area contributed by atoms with E-state index < -0.39 is 39.9 Å². The molecule has 0 fully saturated rings. The largest absolute Gasteiger partial charge is 0.481 e. The molecular weight excluding hydrogens is 1290 g/mol. The molecule has 2 aliphatic heterocycles. The van der Waals surface area contributed by atoms with E-state index in [1.165, 1.54) is 64.6 Å². The second-order valence-corrected chi connectivity index (χ2v) is 37.8. The molecule has 0 saturated heterocycles. The zero-order valence-corrected chi connectivity index (χ0v) is 64.5. The zero-order valence-electron chi connectivity index (χ0n) is 59.6. The van der Waals surface area contributed by atoms with Gasteiger partial charge in [0.25, 0.3) is 0 Å². The van der Waals surface area contributed by atoms with E-state index in [2.05, 4.69) is 131 Å². The van der Waals surface area contributed by atoms with Gasteiger partial charge in [-0.2, -0.15) is 17.5 Å². The predicted molar refractivity (Wildman–Crippen MR) is 397 cm³/mol. The Bertz CT molecular complexity index is 3830. The van der Waals surface area contributed by atoms with Gasteiger partial charge in [-0.3, -0.25) is 0 Å². The Hall–Kier alpha value is -3.80. The van der Waals surface area contributed by atoms with Gasteiger partial charge in [0.15, 0.2) is 23.3 Å². The highest BCUT2D eigenvalue weighted by molar-refractivity contribution is 7.26. The summed E-state index contributed by atoms with van der Waals surface area (Å²) < 4.78 is 105.